The van der Waals surface area contributed by atoms with Gasteiger partial charge in [-0.25, -0.2) is 0 Å². The molecule has 1 aliphatic rings. The molecule has 1 saturated carbocycles. The lowest BCUT2D eigenvalue weighted by Crippen LogP contribution is -2.38. The summed E-state index contributed by atoms with van der Waals surface area (Å²) in [6, 6.07) is 8.36. The molecule has 0 atom stereocenters. The second-order valence-electron chi connectivity index (χ2n) is 5.46. The number of nitrogens with zero attached hydrogens (tertiary/aromatic N) is 1. The van der Waals surface area contributed by atoms with E-state index in [-0.39, 0.29) is 5.91 Å². The van der Waals surface area contributed by atoms with Crippen molar-refractivity contribution in [2.45, 2.75) is 38.3 Å². The Morgan fingerprint density at radius 1 is 1.30 bits per heavy atom. The van der Waals surface area contributed by atoms with Gasteiger partial charge in [-0.3, -0.25) is 4.79 Å². The van der Waals surface area contributed by atoms with Crippen LogP contribution in [0.2, 0.25) is 0 Å². The first-order chi connectivity index (χ1) is 9.69. The topological polar surface area (TPSA) is 41.6 Å². The summed E-state index contributed by atoms with van der Waals surface area (Å²) in [5.74, 6) is 0.985. The number of hydrogen-bond acceptors (Lipinski definition) is 3. The van der Waals surface area contributed by atoms with E-state index >= 15 is 0 Å². The van der Waals surface area contributed by atoms with Gasteiger partial charge < -0.3 is 15.0 Å². The van der Waals surface area contributed by atoms with E-state index in [2.05, 4.69) is 5.32 Å². The van der Waals surface area contributed by atoms with Gasteiger partial charge in [-0.15, -0.1) is 0 Å². The van der Waals surface area contributed by atoms with E-state index in [1.54, 1.807) is 12.0 Å². The van der Waals surface area contributed by atoms with Crippen molar-refractivity contribution in [2.75, 3.05) is 20.7 Å². The molecule has 1 aromatic carbocycles. The summed E-state index contributed by atoms with van der Waals surface area (Å²) in [7, 11) is 3.50. The monoisotopic (exact) mass is 276 g/mol. The van der Waals surface area contributed by atoms with Crippen LogP contribution >= 0.6 is 0 Å². The van der Waals surface area contributed by atoms with Crippen molar-refractivity contribution in [2.24, 2.45) is 0 Å². The van der Waals surface area contributed by atoms with Gasteiger partial charge in [0.15, 0.2) is 0 Å². The van der Waals surface area contributed by atoms with Crippen molar-refractivity contribution in [3.63, 3.8) is 0 Å². The van der Waals surface area contributed by atoms with Gasteiger partial charge in [0.25, 0.3) is 0 Å². The number of rotatable bonds is 6. The third-order valence-corrected chi connectivity index (χ3v) is 3.90. The normalized spacial score (nSPS) is 15.3. The van der Waals surface area contributed by atoms with Gasteiger partial charge in [-0.2, -0.15) is 0 Å². The lowest BCUT2D eigenvalue weighted by Gasteiger charge is -2.19. The van der Waals surface area contributed by atoms with Crippen LogP contribution in [0, 0.1) is 0 Å². The van der Waals surface area contributed by atoms with Crippen molar-refractivity contribution in [1.82, 2.24) is 10.2 Å². The van der Waals surface area contributed by atoms with Crippen molar-refractivity contribution in [1.29, 1.82) is 0 Å². The largest absolute Gasteiger partial charge is 0.497 e. The minimum Gasteiger partial charge on any atom is -0.497 e. The molecule has 0 unspecified atom stereocenters. The van der Waals surface area contributed by atoms with Gasteiger partial charge in [-0.1, -0.05) is 25.0 Å². The lowest BCUT2D eigenvalue weighted by molar-refractivity contribution is -0.129. The number of carbonyl (C=O) groups is 1. The maximum absolute atomic E-state index is 12.1. The molecule has 2 rings (SSSR count). The van der Waals surface area contributed by atoms with Crippen molar-refractivity contribution < 1.29 is 9.53 Å². The second-order valence-corrected chi connectivity index (χ2v) is 5.46. The second kappa shape index (κ2) is 7.29. The summed E-state index contributed by atoms with van der Waals surface area (Å²) < 4.78 is 5.13. The zero-order chi connectivity index (χ0) is 14.4. The van der Waals surface area contributed by atoms with Gasteiger partial charge >= 0.3 is 0 Å². The van der Waals surface area contributed by atoms with Crippen LogP contribution in [0.3, 0.4) is 0 Å². The summed E-state index contributed by atoms with van der Waals surface area (Å²) in [6.07, 6.45) is 4.98. The van der Waals surface area contributed by atoms with Gasteiger partial charge in [0.05, 0.1) is 13.7 Å². The van der Waals surface area contributed by atoms with E-state index < -0.39 is 0 Å². The summed E-state index contributed by atoms with van der Waals surface area (Å²) in [5, 5.41) is 3.36. The Kier molecular flexibility index (Phi) is 5.41. The molecule has 20 heavy (non-hydrogen) atoms. The maximum Gasteiger partial charge on any atom is 0.236 e. The Hall–Kier alpha value is -1.55. The van der Waals surface area contributed by atoms with Gasteiger partial charge in [0.2, 0.25) is 5.91 Å². The molecule has 0 saturated heterocycles. The SMILES string of the molecule is COc1ccc(CN(C)C(=O)CNC2CCCC2)cc1. The Labute approximate surface area is 121 Å². The average molecular weight is 276 g/mol. The standard InChI is InChI=1S/C16H24N2O2/c1-18(12-13-7-9-15(20-2)10-8-13)16(19)11-17-14-5-3-4-6-14/h7-10,14,17H,3-6,11-12H2,1-2H3. The molecule has 0 spiro atoms. The summed E-state index contributed by atoms with van der Waals surface area (Å²) >= 11 is 0. The number of nitrogens with one attached hydrogen (secondary N) is 1. The molecule has 0 aromatic heterocycles. The number of methoxy groups -OCH3 is 1. The highest BCUT2D eigenvalue weighted by molar-refractivity contribution is 5.78. The lowest BCUT2D eigenvalue weighted by atomic mass is 10.2. The van der Waals surface area contributed by atoms with Crippen LogP contribution in [0.25, 0.3) is 0 Å². The Bertz CT molecular complexity index is 425. The van der Waals surface area contributed by atoms with Crippen LogP contribution in [-0.2, 0) is 11.3 Å². The fourth-order valence-electron chi connectivity index (χ4n) is 2.59. The molecule has 0 aliphatic heterocycles. The molecule has 0 radical (unpaired) electrons. The number of ether oxygens (including phenoxy) is 1. The number of amides is 1. The zero-order valence-electron chi connectivity index (χ0n) is 12.4. The summed E-state index contributed by atoms with van der Waals surface area (Å²) in [4.78, 5) is 13.8. The van der Waals surface area contributed by atoms with E-state index in [9.17, 15) is 4.79 Å². The smallest absolute Gasteiger partial charge is 0.236 e. The van der Waals surface area contributed by atoms with E-state index in [0.29, 0.717) is 19.1 Å². The minimum absolute atomic E-state index is 0.146. The molecule has 1 amide bonds. The first-order valence-electron chi connectivity index (χ1n) is 7.29. The quantitative estimate of drug-likeness (QED) is 0.866. The Morgan fingerprint density at radius 3 is 2.55 bits per heavy atom. The van der Waals surface area contributed by atoms with Crippen molar-refractivity contribution >= 4 is 5.91 Å². The zero-order valence-corrected chi connectivity index (χ0v) is 12.4. The molecule has 0 heterocycles. The van der Waals surface area contributed by atoms with E-state index in [1.165, 1.54) is 25.7 Å². The molecule has 1 aliphatic carbocycles. The molecule has 4 nitrogen and oxygen atoms in total. The summed E-state index contributed by atoms with van der Waals surface area (Å²) in [6.45, 7) is 1.08. The average Bonchev–Trinajstić information content (AvgIpc) is 2.98. The molecular formula is C16H24N2O2. The first kappa shape index (κ1) is 14.9. The Balaban J connectivity index is 1.77. The first-order valence-corrected chi connectivity index (χ1v) is 7.29. The molecule has 1 fully saturated rings. The van der Waals surface area contributed by atoms with Crippen LogP contribution in [0.5, 0.6) is 5.75 Å². The van der Waals surface area contributed by atoms with Crippen molar-refractivity contribution in [3.05, 3.63) is 29.8 Å². The highest BCUT2D eigenvalue weighted by Gasteiger charge is 2.16. The molecular weight excluding hydrogens is 252 g/mol. The highest BCUT2D eigenvalue weighted by atomic mass is 16.5. The number of benzene rings is 1. The van der Waals surface area contributed by atoms with Gasteiger partial charge in [0.1, 0.15) is 5.75 Å². The van der Waals surface area contributed by atoms with Crippen LogP contribution in [-0.4, -0.2) is 37.6 Å². The summed E-state index contributed by atoms with van der Waals surface area (Å²) in [5.41, 5.74) is 1.11. The Morgan fingerprint density at radius 2 is 1.95 bits per heavy atom. The van der Waals surface area contributed by atoms with Crippen LogP contribution in [0.1, 0.15) is 31.2 Å². The molecule has 110 valence electrons. The molecule has 1 N–H and O–H groups in total. The maximum atomic E-state index is 12.1. The molecule has 4 heteroatoms. The van der Waals surface area contributed by atoms with Gasteiger partial charge in [-0.05, 0) is 30.5 Å². The fourth-order valence-corrected chi connectivity index (χ4v) is 2.59. The van der Waals surface area contributed by atoms with Gasteiger partial charge in [0, 0.05) is 19.6 Å². The van der Waals surface area contributed by atoms with Crippen LogP contribution in [0.4, 0.5) is 0 Å². The van der Waals surface area contributed by atoms with E-state index in [4.69, 9.17) is 4.74 Å². The fraction of sp³-hybridized carbons (Fsp3) is 0.562. The third kappa shape index (κ3) is 4.23. The van der Waals surface area contributed by atoms with E-state index in [1.807, 2.05) is 31.3 Å². The van der Waals surface area contributed by atoms with Crippen LogP contribution < -0.4 is 10.1 Å². The number of hydrogen-bond donors (Lipinski definition) is 1. The number of likely N-dealkylation sites (N-methyl/N-ethyl adjacent to an activating group) is 1. The third-order valence-electron chi connectivity index (χ3n) is 3.90. The predicted molar refractivity (Wildman–Crippen MR) is 79.7 cm³/mol. The number of carbonyl (C=O) groups excluding carboxylic acids is 1. The van der Waals surface area contributed by atoms with E-state index in [0.717, 1.165) is 11.3 Å². The van der Waals surface area contributed by atoms with Crippen LogP contribution in [0.15, 0.2) is 24.3 Å². The minimum atomic E-state index is 0.146. The molecule has 0 bridgehead atoms. The molecule has 1 aromatic rings. The van der Waals surface area contributed by atoms with Crippen molar-refractivity contribution in [3.8, 4) is 5.75 Å². The predicted octanol–water partition coefficient (Wildman–Crippen LogP) is 2.19. The highest BCUT2D eigenvalue weighted by Crippen LogP contribution is 2.17.